The van der Waals surface area contributed by atoms with Gasteiger partial charge in [0.15, 0.2) is 0 Å². The first-order chi connectivity index (χ1) is 5.75. The van der Waals surface area contributed by atoms with Crippen molar-refractivity contribution >= 4 is 69.6 Å². The molecule has 0 radical (unpaired) electrons. The van der Waals surface area contributed by atoms with E-state index in [2.05, 4.69) is 69.6 Å². The van der Waals surface area contributed by atoms with Crippen molar-refractivity contribution in [1.29, 1.82) is 0 Å². The van der Waals surface area contributed by atoms with Crippen LogP contribution in [-0.4, -0.2) is 19.4 Å². The van der Waals surface area contributed by atoms with Crippen LogP contribution >= 0.6 is 69.6 Å². The van der Waals surface area contributed by atoms with Crippen molar-refractivity contribution in [3.8, 4) is 0 Å². The lowest BCUT2D eigenvalue weighted by molar-refractivity contribution is -0.00450. The molecule has 0 rings (SSSR count). The largest absolute Gasteiger partial charge is 0.310 e. The van der Waals surface area contributed by atoms with Crippen LogP contribution in [0.5, 0.6) is 0 Å². The molecule has 0 aromatic carbocycles. The van der Waals surface area contributed by atoms with Crippen molar-refractivity contribution in [2.75, 3.05) is 0 Å². The van der Waals surface area contributed by atoms with Crippen molar-refractivity contribution in [3.05, 3.63) is 0 Å². The summed E-state index contributed by atoms with van der Waals surface area (Å²) in [5, 5.41) is -8.77. The molecule has 0 aromatic rings. The number of alkyl halides is 10. The molecule has 0 aliphatic carbocycles. The first-order valence-electron chi connectivity index (χ1n) is 2.64. The number of halogens is 10. The third-order valence-electron chi connectivity index (χ3n) is 1.11. The summed E-state index contributed by atoms with van der Waals surface area (Å²) >= 11 is 27.1. The Morgan fingerprint density at radius 3 is 0.714 bits per heavy atom. The Hall–Kier alpha value is 1.46. The minimum Gasteiger partial charge on any atom is -0.214 e. The minimum absolute atomic E-state index is 4.04. The van der Waals surface area contributed by atoms with Gasteiger partial charge >= 0.3 is 9.17 Å². The van der Waals surface area contributed by atoms with E-state index >= 15 is 0 Å². The number of hydrogen-bond acceptors (Lipinski definition) is 0. The Bertz CT molecular complexity index is 191. The first kappa shape index (κ1) is 15.5. The Balaban J connectivity index is 5.30. The van der Waals surface area contributed by atoms with E-state index in [1.165, 1.54) is 0 Å². The summed E-state index contributed by atoms with van der Waals surface area (Å²) in [6.07, 6.45) is 0. The molecule has 0 aliphatic rings. The second kappa shape index (κ2) is 4.04. The average Bonchev–Trinajstić information content (AvgIpc) is 1.81. The molecule has 10 heteroatoms. The quantitative estimate of drug-likeness (QED) is 0.502. The van der Waals surface area contributed by atoms with Crippen molar-refractivity contribution < 1.29 is 17.6 Å². The van der Waals surface area contributed by atoms with Gasteiger partial charge in [0.05, 0.1) is 0 Å². The van der Waals surface area contributed by atoms with E-state index < -0.39 is 19.4 Å². The molecule has 0 aliphatic heterocycles. The molecule has 0 heterocycles. The second-order valence-electron chi connectivity index (χ2n) is 2.14. The smallest absolute Gasteiger partial charge is 0.214 e. The van der Waals surface area contributed by atoms with Gasteiger partial charge in [0.2, 0.25) is 0 Å². The van der Waals surface area contributed by atoms with E-state index in [1.54, 1.807) is 0 Å². The average molecular weight is 337 g/mol. The van der Waals surface area contributed by atoms with Gasteiger partial charge in [-0.25, -0.2) is 17.6 Å². The molecule has 0 bridgehead atoms. The molecular formula is C4Cl6F4. The van der Waals surface area contributed by atoms with Crippen molar-refractivity contribution in [3.63, 3.8) is 0 Å². The minimum atomic E-state index is -4.39. The highest BCUT2D eigenvalue weighted by Gasteiger charge is 2.74. The number of rotatable bonds is 3. The van der Waals surface area contributed by atoms with Crippen LogP contribution in [0.4, 0.5) is 17.6 Å². The van der Waals surface area contributed by atoms with Gasteiger partial charge in [-0.15, -0.1) is 0 Å². The zero-order chi connectivity index (χ0) is 12.0. The van der Waals surface area contributed by atoms with Crippen LogP contribution < -0.4 is 0 Å². The fourth-order valence-electron chi connectivity index (χ4n) is 0.356. The van der Waals surface area contributed by atoms with Gasteiger partial charge in [0, 0.05) is 0 Å². The van der Waals surface area contributed by atoms with Crippen LogP contribution in [0.15, 0.2) is 0 Å². The Morgan fingerprint density at radius 1 is 0.500 bits per heavy atom. The molecular weight excluding hydrogens is 337 g/mol. The molecule has 2 unspecified atom stereocenters. The molecule has 0 spiro atoms. The van der Waals surface area contributed by atoms with Gasteiger partial charge in [-0.2, -0.15) is 0 Å². The first-order valence-corrected chi connectivity index (χ1v) is 4.91. The molecule has 0 N–H and O–H groups in total. The van der Waals surface area contributed by atoms with Crippen molar-refractivity contribution in [1.82, 2.24) is 0 Å². The molecule has 2 atom stereocenters. The highest BCUT2D eigenvalue weighted by atomic mass is 35.5. The van der Waals surface area contributed by atoms with Gasteiger partial charge in [-0.1, -0.05) is 69.6 Å². The van der Waals surface area contributed by atoms with Crippen molar-refractivity contribution in [2.24, 2.45) is 0 Å². The molecule has 86 valence electrons. The maximum atomic E-state index is 13.1. The van der Waals surface area contributed by atoms with E-state index in [1.807, 2.05) is 0 Å². The van der Waals surface area contributed by atoms with Gasteiger partial charge in [0.1, 0.15) is 0 Å². The molecule has 0 fully saturated rings. The lowest BCUT2D eigenvalue weighted by Gasteiger charge is -2.36. The zero-order valence-corrected chi connectivity index (χ0v) is 10.3. The third kappa shape index (κ3) is 2.58. The van der Waals surface area contributed by atoms with Crippen LogP contribution in [0.3, 0.4) is 0 Å². The lowest BCUT2D eigenvalue weighted by atomic mass is 10.2. The van der Waals surface area contributed by atoms with E-state index in [0.717, 1.165) is 0 Å². The molecule has 0 saturated heterocycles. The second-order valence-corrected chi connectivity index (χ2v) is 5.66. The van der Waals surface area contributed by atoms with E-state index in [0.29, 0.717) is 0 Å². The van der Waals surface area contributed by atoms with E-state index in [-0.39, 0.29) is 0 Å². The highest BCUT2D eigenvalue weighted by Crippen LogP contribution is 2.59. The summed E-state index contributed by atoms with van der Waals surface area (Å²) in [6, 6.07) is 0. The summed E-state index contributed by atoms with van der Waals surface area (Å²) in [6.45, 7) is 0. The predicted molar refractivity (Wildman–Crippen MR) is 50.5 cm³/mol. The SMILES string of the molecule is FC(Cl)(Cl)C(F)(Cl)C(F)(Cl)C(F)(Cl)Cl. The van der Waals surface area contributed by atoms with Gasteiger partial charge in [0.25, 0.3) is 10.3 Å². The van der Waals surface area contributed by atoms with Gasteiger partial charge in [-0.05, 0) is 0 Å². The van der Waals surface area contributed by atoms with Crippen LogP contribution in [0, 0.1) is 0 Å². The zero-order valence-electron chi connectivity index (χ0n) is 5.78. The van der Waals surface area contributed by atoms with Gasteiger partial charge < -0.3 is 0 Å². The van der Waals surface area contributed by atoms with E-state index in [4.69, 9.17) is 0 Å². The number of hydrogen-bond donors (Lipinski definition) is 0. The van der Waals surface area contributed by atoms with Crippen LogP contribution in [0.1, 0.15) is 0 Å². The lowest BCUT2D eigenvalue weighted by Crippen LogP contribution is -2.56. The Kier molecular flexibility index (Phi) is 4.46. The van der Waals surface area contributed by atoms with Crippen molar-refractivity contribution in [2.45, 2.75) is 19.4 Å². The maximum absolute atomic E-state index is 13.1. The van der Waals surface area contributed by atoms with Gasteiger partial charge in [-0.3, -0.25) is 0 Å². The maximum Gasteiger partial charge on any atom is 0.310 e. The highest BCUT2D eigenvalue weighted by molar-refractivity contribution is 6.57. The normalized spacial score (nSPS) is 22.7. The Morgan fingerprint density at radius 2 is 0.643 bits per heavy atom. The Labute approximate surface area is 106 Å². The van der Waals surface area contributed by atoms with Crippen LogP contribution in [0.2, 0.25) is 0 Å². The monoisotopic (exact) mass is 334 g/mol. The van der Waals surface area contributed by atoms with Crippen LogP contribution in [-0.2, 0) is 0 Å². The molecule has 0 aromatic heterocycles. The molecule has 14 heavy (non-hydrogen) atoms. The molecule has 0 nitrogen and oxygen atoms in total. The summed E-state index contributed by atoms with van der Waals surface area (Å²) in [5.41, 5.74) is 0. The summed E-state index contributed by atoms with van der Waals surface area (Å²) < 4.78 is 43.3. The summed E-state index contributed by atoms with van der Waals surface area (Å²) in [5.74, 6) is 0. The fraction of sp³-hybridized carbons (Fsp3) is 1.00. The molecule has 0 amide bonds. The standard InChI is InChI=1S/C4Cl6F4/c5-1(11,3(7,8)13)2(6,12)4(9,10)14. The summed E-state index contributed by atoms with van der Waals surface area (Å²) in [4.78, 5) is 0. The van der Waals surface area contributed by atoms with Crippen LogP contribution in [0.25, 0.3) is 0 Å². The third-order valence-corrected chi connectivity index (χ3v) is 3.67. The summed E-state index contributed by atoms with van der Waals surface area (Å²) in [7, 11) is 0. The predicted octanol–water partition coefficient (Wildman–Crippen LogP) is 5.00. The topological polar surface area (TPSA) is 0 Å². The van der Waals surface area contributed by atoms with E-state index in [9.17, 15) is 17.6 Å². The fourth-order valence-corrected chi connectivity index (χ4v) is 1.33. The molecule has 0 saturated carbocycles.